The van der Waals surface area contributed by atoms with E-state index in [1.165, 1.54) is 6.08 Å². The second-order valence-electron chi connectivity index (χ2n) is 4.45. The van der Waals surface area contributed by atoms with Gasteiger partial charge in [0.15, 0.2) is 0 Å². The van der Waals surface area contributed by atoms with E-state index in [2.05, 4.69) is 6.58 Å². The van der Waals surface area contributed by atoms with Crippen LogP contribution in [-0.4, -0.2) is 5.97 Å². The summed E-state index contributed by atoms with van der Waals surface area (Å²) in [6.45, 7) is 11.2. The maximum atomic E-state index is 11.3. The third kappa shape index (κ3) is 2.72. The van der Waals surface area contributed by atoms with Gasteiger partial charge < -0.3 is 4.74 Å². The lowest BCUT2D eigenvalue weighted by Crippen LogP contribution is -2.25. The molecule has 16 heavy (non-hydrogen) atoms. The summed E-state index contributed by atoms with van der Waals surface area (Å²) in [5.74, 6) is -0.397. The Morgan fingerprint density at radius 1 is 1.38 bits per heavy atom. The van der Waals surface area contributed by atoms with Crippen molar-refractivity contribution in [1.82, 2.24) is 0 Å². The van der Waals surface area contributed by atoms with Crippen molar-refractivity contribution in [2.24, 2.45) is 0 Å². The molecule has 0 fully saturated rings. The Kier molecular flexibility index (Phi) is 3.53. The summed E-state index contributed by atoms with van der Waals surface area (Å²) < 4.78 is 5.35. The van der Waals surface area contributed by atoms with Gasteiger partial charge in [0.05, 0.1) is 0 Å². The molecule has 1 aromatic carbocycles. The minimum Gasteiger partial charge on any atom is -0.452 e. The summed E-state index contributed by atoms with van der Waals surface area (Å²) in [6.07, 6.45) is 1.19. The molecule has 0 unspecified atom stereocenters. The molecule has 0 amide bonds. The number of carbonyl (C=O) groups is 1. The first-order valence-corrected chi connectivity index (χ1v) is 5.30. The van der Waals surface area contributed by atoms with Crippen LogP contribution in [0.5, 0.6) is 0 Å². The smallest absolute Gasteiger partial charge is 0.331 e. The van der Waals surface area contributed by atoms with Crippen LogP contribution < -0.4 is 0 Å². The zero-order valence-corrected chi connectivity index (χ0v) is 10.3. The molecule has 0 atom stereocenters. The number of benzene rings is 1. The van der Waals surface area contributed by atoms with Crippen molar-refractivity contribution in [2.75, 3.05) is 0 Å². The van der Waals surface area contributed by atoms with Gasteiger partial charge in [0.1, 0.15) is 5.60 Å². The summed E-state index contributed by atoms with van der Waals surface area (Å²) in [5, 5.41) is 0. The van der Waals surface area contributed by atoms with Crippen LogP contribution in [0.2, 0.25) is 0 Å². The summed E-state index contributed by atoms with van der Waals surface area (Å²) in [6, 6.07) is 6.13. The van der Waals surface area contributed by atoms with Crippen molar-refractivity contribution in [3.8, 4) is 0 Å². The van der Waals surface area contributed by atoms with Gasteiger partial charge in [0.25, 0.3) is 0 Å². The summed E-state index contributed by atoms with van der Waals surface area (Å²) in [7, 11) is 0. The SMILES string of the molecule is C=CC(=O)OC(C)(C)c1cc(C)ccc1C. The second-order valence-corrected chi connectivity index (χ2v) is 4.45. The van der Waals surface area contributed by atoms with E-state index in [1.807, 2.05) is 45.9 Å². The lowest BCUT2D eigenvalue weighted by molar-refractivity contribution is -0.151. The summed E-state index contributed by atoms with van der Waals surface area (Å²) >= 11 is 0. The van der Waals surface area contributed by atoms with E-state index in [1.54, 1.807) is 0 Å². The van der Waals surface area contributed by atoms with Gasteiger partial charge in [-0.15, -0.1) is 0 Å². The fraction of sp³-hybridized carbons (Fsp3) is 0.357. The van der Waals surface area contributed by atoms with Gasteiger partial charge in [-0.3, -0.25) is 0 Å². The lowest BCUT2D eigenvalue weighted by atomic mass is 9.92. The van der Waals surface area contributed by atoms with Gasteiger partial charge in [-0.1, -0.05) is 30.3 Å². The van der Waals surface area contributed by atoms with Crippen molar-refractivity contribution in [2.45, 2.75) is 33.3 Å². The zero-order valence-electron chi connectivity index (χ0n) is 10.3. The van der Waals surface area contributed by atoms with Crippen LogP contribution in [0.3, 0.4) is 0 Å². The van der Waals surface area contributed by atoms with Crippen LogP contribution in [0.25, 0.3) is 0 Å². The molecular weight excluding hydrogens is 200 g/mol. The molecule has 0 N–H and O–H groups in total. The molecule has 1 rings (SSSR count). The third-order valence-corrected chi connectivity index (χ3v) is 2.56. The Morgan fingerprint density at radius 3 is 2.56 bits per heavy atom. The van der Waals surface area contributed by atoms with Crippen LogP contribution in [0, 0.1) is 13.8 Å². The van der Waals surface area contributed by atoms with E-state index in [0.717, 1.165) is 16.7 Å². The van der Waals surface area contributed by atoms with E-state index in [4.69, 9.17) is 4.74 Å². The van der Waals surface area contributed by atoms with Gasteiger partial charge in [0.2, 0.25) is 0 Å². The summed E-state index contributed by atoms with van der Waals surface area (Å²) in [5.41, 5.74) is 2.68. The molecule has 86 valence electrons. The van der Waals surface area contributed by atoms with Gasteiger partial charge in [-0.25, -0.2) is 4.79 Å². The molecule has 0 saturated carbocycles. The molecular formula is C14H18O2. The van der Waals surface area contributed by atoms with Crippen molar-refractivity contribution >= 4 is 5.97 Å². The van der Waals surface area contributed by atoms with Crippen molar-refractivity contribution in [1.29, 1.82) is 0 Å². The molecule has 0 spiro atoms. The predicted molar refractivity (Wildman–Crippen MR) is 65.2 cm³/mol. The molecule has 0 aliphatic rings. The minimum absolute atomic E-state index is 0.397. The van der Waals surface area contributed by atoms with E-state index in [9.17, 15) is 4.79 Å². The molecule has 0 saturated heterocycles. The highest BCUT2D eigenvalue weighted by Gasteiger charge is 2.26. The van der Waals surface area contributed by atoms with Crippen molar-refractivity contribution < 1.29 is 9.53 Å². The molecule has 0 aliphatic heterocycles. The maximum absolute atomic E-state index is 11.3. The monoisotopic (exact) mass is 218 g/mol. The number of carbonyl (C=O) groups excluding carboxylic acids is 1. The highest BCUT2D eigenvalue weighted by Crippen LogP contribution is 2.28. The standard InChI is InChI=1S/C14H18O2/c1-6-13(15)16-14(4,5)12-9-10(2)7-8-11(12)3/h6-9H,1H2,2-5H3. The number of esters is 1. The highest BCUT2D eigenvalue weighted by atomic mass is 16.6. The molecule has 1 aromatic rings. The van der Waals surface area contributed by atoms with Crippen LogP contribution in [-0.2, 0) is 15.1 Å². The maximum Gasteiger partial charge on any atom is 0.331 e. The van der Waals surface area contributed by atoms with Crippen LogP contribution >= 0.6 is 0 Å². The number of hydrogen-bond donors (Lipinski definition) is 0. The molecule has 0 bridgehead atoms. The molecule has 0 radical (unpaired) electrons. The minimum atomic E-state index is -0.624. The number of aryl methyl sites for hydroxylation is 2. The Labute approximate surface area is 96.9 Å². The zero-order chi connectivity index (χ0) is 12.3. The fourth-order valence-corrected chi connectivity index (χ4v) is 1.73. The lowest BCUT2D eigenvalue weighted by Gasteiger charge is -2.27. The molecule has 2 heteroatoms. The second kappa shape index (κ2) is 4.52. The Balaban J connectivity index is 3.10. The molecule has 0 aromatic heterocycles. The Morgan fingerprint density at radius 2 is 2.00 bits per heavy atom. The predicted octanol–water partition coefficient (Wildman–Crippen LogP) is 3.27. The Hall–Kier alpha value is -1.57. The van der Waals surface area contributed by atoms with Crippen LogP contribution in [0.1, 0.15) is 30.5 Å². The van der Waals surface area contributed by atoms with Crippen molar-refractivity contribution in [3.63, 3.8) is 0 Å². The van der Waals surface area contributed by atoms with Crippen LogP contribution in [0.15, 0.2) is 30.9 Å². The van der Waals surface area contributed by atoms with E-state index in [-0.39, 0.29) is 0 Å². The third-order valence-electron chi connectivity index (χ3n) is 2.56. The Bertz CT molecular complexity index is 417. The van der Waals surface area contributed by atoms with Crippen LogP contribution in [0.4, 0.5) is 0 Å². The topological polar surface area (TPSA) is 26.3 Å². The molecule has 0 aliphatic carbocycles. The van der Waals surface area contributed by atoms with E-state index >= 15 is 0 Å². The quantitative estimate of drug-likeness (QED) is 0.575. The largest absolute Gasteiger partial charge is 0.452 e. The van der Waals surface area contributed by atoms with E-state index in [0.29, 0.717) is 0 Å². The first-order valence-electron chi connectivity index (χ1n) is 5.30. The van der Waals surface area contributed by atoms with E-state index < -0.39 is 11.6 Å². The normalized spacial score (nSPS) is 11.0. The van der Waals surface area contributed by atoms with Gasteiger partial charge in [-0.05, 0) is 38.8 Å². The number of rotatable bonds is 3. The average molecular weight is 218 g/mol. The average Bonchev–Trinajstić information content (AvgIpc) is 2.20. The van der Waals surface area contributed by atoms with Gasteiger partial charge >= 0.3 is 5.97 Å². The number of ether oxygens (including phenoxy) is 1. The number of hydrogen-bond acceptors (Lipinski definition) is 2. The van der Waals surface area contributed by atoms with Crippen molar-refractivity contribution in [3.05, 3.63) is 47.5 Å². The molecule has 2 nitrogen and oxygen atoms in total. The van der Waals surface area contributed by atoms with Gasteiger partial charge in [-0.2, -0.15) is 0 Å². The first kappa shape index (κ1) is 12.5. The summed E-state index contributed by atoms with van der Waals surface area (Å²) in [4.78, 5) is 11.3. The van der Waals surface area contributed by atoms with Gasteiger partial charge in [0, 0.05) is 6.08 Å². The first-order chi connectivity index (χ1) is 7.36. The highest BCUT2D eigenvalue weighted by molar-refractivity contribution is 5.81. The fourth-order valence-electron chi connectivity index (χ4n) is 1.73. The molecule has 0 heterocycles.